The van der Waals surface area contributed by atoms with Crippen LogP contribution in [0.4, 0.5) is 0 Å². The number of benzene rings is 2. The Morgan fingerprint density at radius 2 is 1.93 bits per heavy atom. The summed E-state index contributed by atoms with van der Waals surface area (Å²) in [5.74, 6) is 0.393. The van der Waals surface area contributed by atoms with Crippen molar-refractivity contribution in [3.05, 3.63) is 42.0 Å². The van der Waals surface area contributed by atoms with Gasteiger partial charge < -0.3 is 10.4 Å². The van der Waals surface area contributed by atoms with Gasteiger partial charge in [-0.15, -0.1) is 0 Å². The molecule has 2 aromatic carbocycles. The first kappa shape index (κ1) is 9.99. The van der Waals surface area contributed by atoms with E-state index in [2.05, 4.69) is 17.4 Å². The first-order valence-corrected chi connectivity index (χ1v) is 5.17. The lowest BCUT2D eigenvalue weighted by Crippen LogP contribution is -2.10. The smallest absolute Gasteiger partial charge is 0.119 e. The number of rotatable bonds is 3. The molecule has 15 heavy (non-hydrogen) atoms. The molecule has 0 spiro atoms. The molecule has 0 bridgehead atoms. The third-order valence-corrected chi connectivity index (χ3v) is 2.64. The van der Waals surface area contributed by atoms with Crippen LogP contribution in [0.1, 0.15) is 5.56 Å². The maximum Gasteiger partial charge on any atom is 0.119 e. The number of fused-ring (bicyclic) bond motifs is 1. The summed E-state index contributed by atoms with van der Waals surface area (Å²) in [7, 11) is 1.92. The molecule has 0 aromatic heterocycles. The highest BCUT2D eigenvalue weighted by Gasteiger charge is 2.05. The average molecular weight is 201 g/mol. The van der Waals surface area contributed by atoms with Crippen molar-refractivity contribution in [3.8, 4) is 5.75 Å². The minimum Gasteiger partial charge on any atom is -0.508 e. The number of aromatic hydroxyl groups is 1. The summed E-state index contributed by atoms with van der Waals surface area (Å²) in [4.78, 5) is 0. The quantitative estimate of drug-likeness (QED) is 0.798. The molecule has 0 amide bonds. The van der Waals surface area contributed by atoms with Crippen molar-refractivity contribution in [3.63, 3.8) is 0 Å². The monoisotopic (exact) mass is 201 g/mol. The standard InChI is InChI=1S/C13H15NO/c1-14-9-8-12-11-5-3-2-4-10(11)6-7-13(12)15/h2-7,14-15H,8-9H2,1H3. The van der Waals surface area contributed by atoms with Crippen molar-refractivity contribution in [2.45, 2.75) is 6.42 Å². The van der Waals surface area contributed by atoms with Gasteiger partial charge in [-0.3, -0.25) is 0 Å². The second-order valence-corrected chi connectivity index (χ2v) is 3.64. The summed E-state index contributed by atoms with van der Waals surface area (Å²) in [6.07, 6.45) is 0.851. The lowest BCUT2D eigenvalue weighted by molar-refractivity contribution is 0.469. The Hall–Kier alpha value is -1.54. The number of hydrogen-bond donors (Lipinski definition) is 2. The fourth-order valence-electron chi connectivity index (χ4n) is 1.84. The number of phenols is 1. The van der Waals surface area contributed by atoms with E-state index in [9.17, 15) is 5.11 Å². The number of hydrogen-bond acceptors (Lipinski definition) is 2. The van der Waals surface area contributed by atoms with Gasteiger partial charge in [-0.2, -0.15) is 0 Å². The van der Waals surface area contributed by atoms with E-state index < -0.39 is 0 Å². The van der Waals surface area contributed by atoms with Crippen LogP contribution >= 0.6 is 0 Å². The molecule has 2 N–H and O–H groups in total. The van der Waals surface area contributed by atoms with Gasteiger partial charge in [0.2, 0.25) is 0 Å². The molecule has 2 aromatic rings. The van der Waals surface area contributed by atoms with Crippen molar-refractivity contribution in [2.24, 2.45) is 0 Å². The van der Waals surface area contributed by atoms with Crippen LogP contribution in [0.5, 0.6) is 5.75 Å². The molecule has 2 heteroatoms. The first-order chi connectivity index (χ1) is 7.33. The van der Waals surface area contributed by atoms with Gasteiger partial charge >= 0.3 is 0 Å². The van der Waals surface area contributed by atoms with Gasteiger partial charge in [-0.25, -0.2) is 0 Å². The summed E-state index contributed by atoms with van der Waals surface area (Å²) < 4.78 is 0. The Kier molecular flexibility index (Phi) is 2.88. The third-order valence-electron chi connectivity index (χ3n) is 2.64. The SMILES string of the molecule is CNCCc1c(O)ccc2ccccc12. The molecule has 0 aliphatic rings. The van der Waals surface area contributed by atoms with Crippen molar-refractivity contribution in [1.29, 1.82) is 0 Å². The van der Waals surface area contributed by atoms with E-state index in [-0.39, 0.29) is 0 Å². The fourth-order valence-corrected chi connectivity index (χ4v) is 1.84. The highest BCUT2D eigenvalue weighted by Crippen LogP contribution is 2.27. The molecule has 0 heterocycles. The van der Waals surface area contributed by atoms with Crippen LogP contribution in [0.15, 0.2) is 36.4 Å². The molecule has 0 aliphatic heterocycles. The van der Waals surface area contributed by atoms with Crippen molar-refractivity contribution in [1.82, 2.24) is 5.32 Å². The Morgan fingerprint density at radius 1 is 1.13 bits per heavy atom. The highest BCUT2D eigenvalue weighted by molar-refractivity contribution is 5.87. The summed E-state index contributed by atoms with van der Waals surface area (Å²) in [5.41, 5.74) is 1.03. The fraction of sp³-hybridized carbons (Fsp3) is 0.231. The van der Waals surface area contributed by atoms with Gasteiger partial charge in [0.05, 0.1) is 0 Å². The lowest BCUT2D eigenvalue weighted by atomic mass is 10.0. The Balaban J connectivity index is 2.53. The zero-order valence-electron chi connectivity index (χ0n) is 8.83. The lowest BCUT2D eigenvalue weighted by Gasteiger charge is -2.08. The van der Waals surface area contributed by atoms with Crippen LogP contribution in [0.3, 0.4) is 0 Å². The molecular weight excluding hydrogens is 186 g/mol. The van der Waals surface area contributed by atoms with E-state index in [1.54, 1.807) is 6.07 Å². The predicted octanol–water partition coefficient (Wildman–Crippen LogP) is 2.31. The van der Waals surface area contributed by atoms with Crippen molar-refractivity contribution >= 4 is 10.8 Å². The van der Waals surface area contributed by atoms with Crippen molar-refractivity contribution in [2.75, 3.05) is 13.6 Å². The number of likely N-dealkylation sites (N-methyl/N-ethyl adjacent to an activating group) is 1. The molecule has 2 rings (SSSR count). The molecular formula is C13H15NO. The van der Waals surface area contributed by atoms with Crippen LogP contribution in [0.25, 0.3) is 10.8 Å². The number of nitrogens with one attached hydrogen (secondary N) is 1. The topological polar surface area (TPSA) is 32.3 Å². The zero-order valence-corrected chi connectivity index (χ0v) is 8.83. The third kappa shape index (κ3) is 1.95. The van der Waals surface area contributed by atoms with Gasteiger partial charge in [0, 0.05) is 5.56 Å². The van der Waals surface area contributed by atoms with E-state index in [0.29, 0.717) is 5.75 Å². The Bertz CT molecular complexity index is 465. The molecule has 0 fully saturated rings. The van der Waals surface area contributed by atoms with Crippen LogP contribution in [-0.4, -0.2) is 18.7 Å². The van der Waals surface area contributed by atoms with E-state index >= 15 is 0 Å². The molecule has 0 aliphatic carbocycles. The molecule has 78 valence electrons. The second-order valence-electron chi connectivity index (χ2n) is 3.64. The maximum atomic E-state index is 9.81. The molecule has 0 unspecified atom stereocenters. The number of phenolic OH excluding ortho intramolecular Hbond substituents is 1. The van der Waals surface area contributed by atoms with E-state index in [1.807, 2.05) is 25.2 Å². The summed E-state index contributed by atoms with van der Waals surface area (Å²) >= 11 is 0. The van der Waals surface area contributed by atoms with E-state index in [4.69, 9.17) is 0 Å². The summed E-state index contributed by atoms with van der Waals surface area (Å²) in [5, 5.41) is 15.2. The van der Waals surface area contributed by atoms with Crippen LogP contribution in [-0.2, 0) is 6.42 Å². The normalized spacial score (nSPS) is 10.7. The average Bonchev–Trinajstić information content (AvgIpc) is 2.28. The second kappa shape index (κ2) is 4.32. The predicted molar refractivity (Wildman–Crippen MR) is 63.2 cm³/mol. The summed E-state index contributed by atoms with van der Waals surface area (Å²) in [6.45, 7) is 0.877. The molecule has 0 saturated carbocycles. The molecule has 0 radical (unpaired) electrons. The van der Waals surface area contributed by atoms with E-state index in [1.165, 1.54) is 5.39 Å². The van der Waals surface area contributed by atoms with Crippen LogP contribution in [0, 0.1) is 0 Å². The Labute approximate surface area is 89.6 Å². The van der Waals surface area contributed by atoms with Crippen molar-refractivity contribution < 1.29 is 5.11 Å². The van der Waals surface area contributed by atoms with Gasteiger partial charge in [-0.1, -0.05) is 30.3 Å². The largest absolute Gasteiger partial charge is 0.508 e. The minimum absolute atomic E-state index is 0.393. The molecule has 0 saturated heterocycles. The summed E-state index contributed by atoms with van der Waals surface area (Å²) in [6, 6.07) is 11.9. The minimum atomic E-state index is 0.393. The van der Waals surface area contributed by atoms with Gasteiger partial charge in [-0.05, 0) is 36.9 Å². The van der Waals surface area contributed by atoms with Gasteiger partial charge in [0.25, 0.3) is 0 Å². The first-order valence-electron chi connectivity index (χ1n) is 5.17. The van der Waals surface area contributed by atoms with Crippen LogP contribution in [0.2, 0.25) is 0 Å². The van der Waals surface area contributed by atoms with Gasteiger partial charge in [0.15, 0.2) is 0 Å². The van der Waals surface area contributed by atoms with Crippen LogP contribution < -0.4 is 5.32 Å². The maximum absolute atomic E-state index is 9.81. The van der Waals surface area contributed by atoms with E-state index in [0.717, 1.165) is 23.9 Å². The zero-order chi connectivity index (χ0) is 10.7. The Morgan fingerprint density at radius 3 is 2.73 bits per heavy atom. The van der Waals surface area contributed by atoms with Gasteiger partial charge in [0.1, 0.15) is 5.75 Å². The highest BCUT2D eigenvalue weighted by atomic mass is 16.3. The molecule has 2 nitrogen and oxygen atoms in total. The molecule has 0 atom stereocenters.